The Morgan fingerprint density at radius 3 is 1.07 bits per heavy atom. The predicted molar refractivity (Wildman–Crippen MR) is 157 cm³/mol. The molecule has 43 heavy (non-hydrogen) atoms. The van der Waals surface area contributed by atoms with Crippen LogP contribution in [0.3, 0.4) is 0 Å². The largest absolute Gasteiger partial charge is 0.461 e. The smallest absolute Gasteiger partial charge is 0.321 e. The number of hydrogen-bond donors (Lipinski definition) is 0. The Bertz CT molecular complexity index is 1400. The van der Waals surface area contributed by atoms with E-state index in [1.807, 2.05) is 24.3 Å². The van der Waals surface area contributed by atoms with Crippen molar-refractivity contribution >= 4 is 23.9 Å². The summed E-state index contributed by atoms with van der Waals surface area (Å²) in [5, 5.41) is 0. The maximum Gasteiger partial charge on any atom is 0.321 e. The van der Waals surface area contributed by atoms with Crippen LogP contribution in [0.5, 0.6) is 0 Å². The normalized spacial score (nSPS) is 11.3. The maximum absolute atomic E-state index is 13.5. The van der Waals surface area contributed by atoms with E-state index in [0.717, 1.165) is 5.56 Å². The molecule has 220 valence electrons. The van der Waals surface area contributed by atoms with Crippen LogP contribution in [-0.2, 0) is 64.6 Å². The molecule has 0 aliphatic rings. The van der Waals surface area contributed by atoms with Gasteiger partial charge in [0.15, 0.2) is 5.92 Å². The molecule has 4 aromatic rings. The van der Waals surface area contributed by atoms with Crippen molar-refractivity contribution in [3.63, 3.8) is 0 Å². The van der Waals surface area contributed by atoms with E-state index in [9.17, 15) is 19.2 Å². The van der Waals surface area contributed by atoms with Crippen molar-refractivity contribution in [3.8, 4) is 0 Å². The molecule has 4 aromatic carbocycles. The molecule has 0 heterocycles. The van der Waals surface area contributed by atoms with Gasteiger partial charge in [0.25, 0.3) is 0 Å². The summed E-state index contributed by atoms with van der Waals surface area (Å²) in [6.45, 7) is -0.466. The second-order valence-electron chi connectivity index (χ2n) is 9.71. The topological polar surface area (TPSA) is 105 Å². The molecule has 8 nitrogen and oxygen atoms in total. The lowest BCUT2D eigenvalue weighted by Crippen LogP contribution is -2.40. The summed E-state index contributed by atoms with van der Waals surface area (Å²) in [5.74, 6) is -7.08. The molecular formula is C35H32O8. The van der Waals surface area contributed by atoms with E-state index < -0.39 is 42.1 Å². The highest BCUT2D eigenvalue weighted by molar-refractivity contribution is 6.00. The lowest BCUT2D eigenvalue weighted by atomic mass is 9.89. The third-order valence-corrected chi connectivity index (χ3v) is 6.51. The van der Waals surface area contributed by atoms with Gasteiger partial charge in [-0.25, -0.2) is 0 Å². The third-order valence-electron chi connectivity index (χ3n) is 6.51. The first-order valence-electron chi connectivity index (χ1n) is 13.8. The molecule has 0 N–H and O–H groups in total. The lowest BCUT2D eigenvalue weighted by Gasteiger charge is -2.23. The van der Waals surface area contributed by atoms with E-state index in [4.69, 9.17) is 18.9 Å². The van der Waals surface area contributed by atoms with Gasteiger partial charge in [-0.05, 0) is 22.3 Å². The standard InChI is InChI=1S/C35H32O8/c36-31(40-22-26-13-5-1-6-14-26)21-30(33(37)41-23-27-15-7-2-8-16-27)32(34(38)42-24-28-17-9-3-10-18-28)35(39)43-25-29-19-11-4-12-20-29/h1-20,30,32H,21-25H2/t30-/m1/s1. The van der Waals surface area contributed by atoms with E-state index in [-0.39, 0.29) is 26.4 Å². The molecule has 0 aliphatic carbocycles. The summed E-state index contributed by atoms with van der Waals surface area (Å²) < 4.78 is 21.8. The fraction of sp³-hybridized carbons (Fsp3) is 0.200. The van der Waals surface area contributed by atoms with Crippen molar-refractivity contribution in [2.45, 2.75) is 32.8 Å². The van der Waals surface area contributed by atoms with Crippen LogP contribution in [0.15, 0.2) is 121 Å². The predicted octanol–water partition coefficient (Wildman–Crippen LogP) is 5.58. The summed E-state index contributed by atoms with van der Waals surface area (Å²) in [7, 11) is 0. The number of esters is 4. The fourth-order valence-electron chi connectivity index (χ4n) is 4.21. The minimum absolute atomic E-state index is 0.0486. The van der Waals surface area contributed by atoms with Gasteiger partial charge in [0.1, 0.15) is 26.4 Å². The molecule has 0 aliphatic heterocycles. The van der Waals surface area contributed by atoms with Gasteiger partial charge in [0.2, 0.25) is 0 Å². The van der Waals surface area contributed by atoms with Crippen LogP contribution in [0.4, 0.5) is 0 Å². The molecule has 0 aromatic heterocycles. The van der Waals surface area contributed by atoms with Crippen LogP contribution in [0.25, 0.3) is 0 Å². The number of carbonyl (C=O) groups excluding carboxylic acids is 4. The van der Waals surface area contributed by atoms with E-state index in [2.05, 4.69) is 0 Å². The highest BCUT2D eigenvalue weighted by Gasteiger charge is 2.44. The number of hydrogen-bond acceptors (Lipinski definition) is 8. The molecule has 4 rings (SSSR count). The van der Waals surface area contributed by atoms with Crippen LogP contribution >= 0.6 is 0 Å². The van der Waals surface area contributed by atoms with Crippen molar-refractivity contribution in [2.24, 2.45) is 11.8 Å². The summed E-state index contributed by atoms with van der Waals surface area (Å²) in [4.78, 5) is 53.4. The molecule has 1 atom stereocenters. The second kappa shape index (κ2) is 16.3. The average molecular weight is 581 g/mol. The first kappa shape index (κ1) is 30.7. The number of carbonyl (C=O) groups is 4. The lowest BCUT2D eigenvalue weighted by molar-refractivity contribution is -0.175. The first-order chi connectivity index (χ1) is 21.0. The van der Waals surface area contributed by atoms with Crippen LogP contribution < -0.4 is 0 Å². The highest BCUT2D eigenvalue weighted by Crippen LogP contribution is 2.25. The minimum Gasteiger partial charge on any atom is -0.461 e. The Morgan fingerprint density at radius 2 is 0.721 bits per heavy atom. The van der Waals surface area contributed by atoms with Crippen LogP contribution in [0, 0.1) is 11.8 Å². The van der Waals surface area contributed by atoms with Gasteiger partial charge in [-0.2, -0.15) is 0 Å². The van der Waals surface area contributed by atoms with Crippen molar-refractivity contribution < 1.29 is 38.1 Å². The zero-order valence-corrected chi connectivity index (χ0v) is 23.5. The zero-order valence-electron chi connectivity index (χ0n) is 23.5. The van der Waals surface area contributed by atoms with Gasteiger partial charge < -0.3 is 18.9 Å². The van der Waals surface area contributed by atoms with Crippen molar-refractivity contribution in [3.05, 3.63) is 144 Å². The molecule has 0 radical (unpaired) electrons. The monoisotopic (exact) mass is 580 g/mol. The second-order valence-corrected chi connectivity index (χ2v) is 9.71. The van der Waals surface area contributed by atoms with Gasteiger partial charge in [-0.1, -0.05) is 121 Å². The Kier molecular flexibility index (Phi) is 11.6. The Balaban J connectivity index is 1.56. The van der Waals surface area contributed by atoms with Gasteiger partial charge >= 0.3 is 23.9 Å². The Labute approximate surface area is 250 Å². The van der Waals surface area contributed by atoms with Crippen LogP contribution in [0.1, 0.15) is 28.7 Å². The van der Waals surface area contributed by atoms with Crippen LogP contribution in [0.2, 0.25) is 0 Å². The number of ether oxygens (including phenoxy) is 4. The summed E-state index contributed by atoms with van der Waals surface area (Å²) in [6, 6.07) is 35.7. The van der Waals surface area contributed by atoms with Gasteiger partial charge in [-0.3, -0.25) is 19.2 Å². The molecular weight excluding hydrogens is 548 g/mol. The molecule has 0 unspecified atom stereocenters. The first-order valence-corrected chi connectivity index (χ1v) is 13.8. The third kappa shape index (κ3) is 9.97. The summed E-state index contributed by atoms with van der Waals surface area (Å²) in [6.07, 6.45) is -0.605. The maximum atomic E-state index is 13.5. The minimum atomic E-state index is -1.78. The molecule has 0 bridgehead atoms. The summed E-state index contributed by atoms with van der Waals surface area (Å²) in [5.41, 5.74) is 2.78. The SMILES string of the molecule is O=C(C[C@@H](C(=O)OCc1ccccc1)C(C(=O)OCc1ccccc1)C(=O)OCc1ccccc1)OCc1ccccc1. The van der Waals surface area contributed by atoms with E-state index >= 15 is 0 Å². The Morgan fingerprint density at radius 1 is 0.419 bits per heavy atom. The zero-order chi connectivity index (χ0) is 30.3. The fourth-order valence-corrected chi connectivity index (χ4v) is 4.21. The van der Waals surface area contributed by atoms with E-state index in [0.29, 0.717) is 16.7 Å². The molecule has 0 spiro atoms. The van der Waals surface area contributed by atoms with Crippen molar-refractivity contribution in [1.82, 2.24) is 0 Å². The quantitative estimate of drug-likeness (QED) is 0.108. The summed E-state index contributed by atoms with van der Waals surface area (Å²) >= 11 is 0. The number of benzene rings is 4. The van der Waals surface area contributed by atoms with Gasteiger partial charge in [-0.15, -0.1) is 0 Å². The highest BCUT2D eigenvalue weighted by atomic mass is 16.6. The molecule has 8 heteroatoms. The average Bonchev–Trinajstić information content (AvgIpc) is 3.06. The molecule has 0 saturated carbocycles. The van der Waals surface area contributed by atoms with Gasteiger partial charge in [0.05, 0.1) is 12.3 Å². The van der Waals surface area contributed by atoms with Gasteiger partial charge in [0, 0.05) is 0 Å². The van der Waals surface area contributed by atoms with E-state index in [1.54, 1.807) is 97.1 Å². The van der Waals surface area contributed by atoms with Crippen LogP contribution in [-0.4, -0.2) is 23.9 Å². The van der Waals surface area contributed by atoms with Crippen molar-refractivity contribution in [2.75, 3.05) is 0 Å². The van der Waals surface area contributed by atoms with Crippen molar-refractivity contribution in [1.29, 1.82) is 0 Å². The molecule has 0 fully saturated rings. The number of rotatable bonds is 14. The molecule has 0 amide bonds. The molecule has 0 saturated heterocycles. The Hall–Kier alpha value is -5.24. The van der Waals surface area contributed by atoms with E-state index in [1.165, 1.54) is 0 Å².